The molecule has 0 spiro atoms. The number of fused-ring (bicyclic) bond motifs is 1. The van der Waals surface area contributed by atoms with Gasteiger partial charge in [0.15, 0.2) is 0 Å². The van der Waals surface area contributed by atoms with Gasteiger partial charge in [0, 0.05) is 55.7 Å². The zero-order valence-corrected chi connectivity index (χ0v) is 21.8. The van der Waals surface area contributed by atoms with Gasteiger partial charge in [-0.05, 0) is 49.2 Å². The molecule has 0 unspecified atom stereocenters. The molecule has 2 aliphatic heterocycles. The Balaban J connectivity index is 1.39. The van der Waals surface area contributed by atoms with Crippen molar-refractivity contribution in [2.24, 2.45) is 0 Å². The Hall–Kier alpha value is -3.64. The molecule has 2 atom stereocenters. The van der Waals surface area contributed by atoms with E-state index in [1.54, 1.807) is 0 Å². The standard InChI is InChI=1S/C31H36N4O2/c1-3-30(36)34-24(2)22-29(27-16-10-11-17-28(27)34)35(26-14-8-5-9-15-26)31(37)23-32-18-20-33(21-19-32)25-12-6-4-7-13-25/h4-17,24,29H,3,18-23H2,1-2H3/t24-,29+/m0/s1. The summed E-state index contributed by atoms with van der Waals surface area (Å²) in [6.45, 7) is 7.87. The van der Waals surface area contributed by atoms with Gasteiger partial charge in [0.1, 0.15) is 0 Å². The Kier molecular flexibility index (Phi) is 7.56. The number of piperazine rings is 1. The first-order valence-electron chi connectivity index (χ1n) is 13.4. The van der Waals surface area contributed by atoms with Crippen LogP contribution in [0, 0.1) is 0 Å². The van der Waals surface area contributed by atoms with Crippen LogP contribution >= 0.6 is 0 Å². The fourth-order valence-electron chi connectivity index (χ4n) is 5.73. The molecule has 5 rings (SSSR count). The SMILES string of the molecule is CCC(=O)N1c2ccccc2[C@H](N(C(=O)CN2CCN(c3ccccc3)CC2)c2ccccc2)C[C@@H]1C. The molecule has 0 radical (unpaired) electrons. The van der Waals surface area contributed by atoms with Crippen LogP contribution in [0.3, 0.4) is 0 Å². The molecule has 0 bridgehead atoms. The molecule has 37 heavy (non-hydrogen) atoms. The molecule has 6 nitrogen and oxygen atoms in total. The third kappa shape index (κ3) is 5.25. The number of carbonyl (C=O) groups is 2. The Bertz CT molecular complexity index is 1210. The van der Waals surface area contributed by atoms with E-state index >= 15 is 0 Å². The molecule has 6 heteroatoms. The maximum Gasteiger partial charge on any atom is 0.241 e. The van der Waals surface area contributed by atoms with Crippen molar-refractivity contribution >= 4 is 28.9 Å². The minimum Gasteiger partial charge on any atom is -0.369 e. The molecule has 1 saturated heterocycles. The van der Waals surface area contributed by atoms with Crippen LogP contribution in [-0.4, -0.2) is 55.5 Å². The van der Waals surface area contributed by atoms with Crippen molar-refractivity contribution in [3.05, 3.63) is 90.5 Å². The molecular formula is C31H36N4O2. The van der Waals surface area contributed by atoms with Crippen LogP contribution < -0.4 is 14.7 Å². The maximum absolute atomic E-state index is 14.0. The highest BCUT2D eigenvalue weighted by Crippen LogP contribution is 2.42. The van der Waals surface area contributed by atoms with Gasteiger partial charge in [-0.2, -0.15) is 0 Å². The smallest absolute Gasteiger partial charge is 0.241 e. The zero-order valence-electron chi connectivity index (χ0n) is 21.8. The second-order valence-corrected chi connectivity index (χ2v) is 9.97. The van der Waals surface area contributed by atoms with Crippen LogP contribution in [0.1, 0.15) is 38.3 Å². The fourth-order valence-corrected chi connectivity index (χ4v) is 5.73. The van der Waals surface area contributed by atoms with Crippen LogP contribution in [0.15, 0.2) is 84.9 Å². The summed E-state index contributed by atoms with van der Waals surface area (Å²) in [7, 11) is 0. The Morgan fingerprint density at radius 3 is 2.14 bits per heavy atom. The first-order valence-corrected chi connectivity index (χ1v) is 13.4. The zero-order chi connectivity index (χ0) is 25.8. The number of carbonyl (C=O) groups excluding carboxylic acids is 2. The Morgan fingerprint density at radius 1 is 0.838 bits per heavy atom. The van der Waals surface area contributed by atoms with Gasteiger partial charge in [0.25, 0.3) is 0 Å². The number of amides is 2. The van der Waals surface area contributed by atoms with Gasteiger partial charge >= 0.3 is 0 Å². The molecule has 0 saturated carbocycles. The fraction of sp³-hybridized carbons (Fsp3) is 0.355. The van der Waals surface area contributed by atoms with Gasteiger partial charge in [0.05, 0.1) is 12.6 Å². The molecule has 3 aromatic carbocycles. The first-order chi connectivity index (χ1) is 18.1. The summed E-state index contributed by atoms with van der Waals surface area (Å²) in [5.41, 5.74) is 4.09. The van der Waals surface area contributed by atoms with Crippen molar-refractivity contribution in [1.82, 2.24) is 4.90 Å². The van der Waals surface area contributed by atoms with Gasteiger partial charge in [0.2, 0.25) is 11.8 Å². The minimum absolute atomic E-state index is 0.000722. The average molecular weight is 497 g/mol. The molecule has 0 N–H and O–H groups in total. The number of hydrogen-bond donors (Lipinski definition) is 0. The molecular weight excluding hydrogens is 460 g/mol. The van der Waals surface area contributed by atoms with Crippen molar-refractivity contribution in [3.63, 3.8) is 0 Å². The number of nitrogens with zero attached hydrogens (tertiary/aromatic N) is 4. The predicted octanol–water partition coefficient (Wildman–Crippen LogP) is 5.12. The van der Waals surface area contributed by atoms with Crippen LogP contribution in [-0.2, 0) is 9.59 Å². The monoisotopic (exact) mass is 496 g/mol. The minimum atomic E-state index is -0.132. The predicted molar refractivity (Wildman–Crippen MR) is 150 cm³/mol. The number of hydrogen-bond acceptors (Lipinski definition) is 4. The number of anilines is 3. The van der Waals surface area contributed by atoms with E-state index in [-0.39, 0.29) is 23.9 Å². The lowest BCUT2D eigenvalue weighted by Gasteiger charge is -2.44. The lowest BCUT2D eigenvalue weighted by Crippen LogP contribution is -2.52. The maximum atomic E-state index is 14.0. The summed E-state index contributed by atoms with van der Waals surface area (Å²) in [5.74, 6) is 0.217. The van der Waals surface area contributed by atoms with Gasteiger partial charge in [-0.25, -0.2) is 0 Å². The first kappa shape index (κ1) is 25.0. The summed E-state index contributed by atoms with van der Waals surface area (Å²) >= 11 is 0. The molecule has 2 amide bonds. The van der Waals surface area contributed by atoms with Gasteiger partial charge in [-0.1, -0.05) is 61.5 Å². The van der Waals surface area contributed by atoms with E-state index in [0.29, 0.717) is 19.4 Å². The second kappa shape index (κ2) is 11.2. The van der Waals surface area contributed by atoms with Crippen LogP contribution in [0.4, 0.5) is 17.1 Å². The summed E-state index contributed by atoms with van der Waals surface area (Å²) in [5, 5.41) is 0. The van der Waals surface area contributed by atoms with Gasteiger partial charge in [-0.15, -0.1) is 0 Å². The summed E-state index contributed by atoms with van der Waals surface area (Å²) in [4.78, 5) is 35.4. The van der Waals surface area contributed by atoms with Crippen LogP contribution in [0.5, 0.6) is 0 Å². The molecule has 192 valence electrons. The third-order valence-electron chi connectivity index (χ3n) is 7.60. The van der Waals surface area contributed by atoms with E-state index in [2.05, 4.69) is 47.1 Å². The lowest BCUT2D eigenvalue weighted by atomic mass is 9.89. The normalized spacial score (nSPS) is 19.8. The molecule has 3 aromatic rings. The highest BCUT2D eigenvalue weighted by Gasteiger charge is 2.38. The average Bonchev–Trinajstić information content (AvgIpc) is 2.94. The largest absolute Gasteiger partial charge is 0.369 e. The van der Waals surface area contributed by atoms with Crippen molar-refractivity contribution in [2.75, 3.05) is 47.4 Å². The third-order valence-corrected chi connectivity index (χ3v) is 7.60. The summed E-state index contributed by atoms with van der Waals surface area (Å²) in [6.07, 6.45) is 1.16. The van der Waals surface area contributed by atoms with E-state index < -0.39 is 0 Å². The topological polar surface area (TPSA) is 47.1 Å². The number of benzene rings is 3. The van der Waals surface area contributed by atoms with Crippen LogP contribution in [0.2, 0.25) is 0 Å². The van der Waals surface area contributed by atoms with E-state index in [1.165, 1.54) is 5.69 Å². The second-order valence-electron chi connectivity index (χ2n) is 9.97. The van der Waals surface area contributed by atoms with Crippen molar-refractivity contribution in [1.29, 1.82) is 0 Å². The van der Waals surface area contributed by atoms with E-state index in [1.807, 2.05) is 71.3 Å². The summed E-state index contributed by atoms with van der Waals surface area (Å²) < 4.78 is 0. The molecule has 2 heterocycles. The van der Waals surface area contributed by atoms with Gasteiger partial charge in [-0.3, -0.25) is 14.5 Å². The Labute approximate surface area is 220 Å². The lowest BCUT2D eigenvalue weighted by molar-refractivity contribution is -0.120. The van der Waals surface area contributed by atoms with E-state index in [9.17, 15) is 9.59 Å². The van der Waals surface area contributed by atoms with Crippen molar-refractivity contribution < 1.29 is 9.59 Å². The van der Waals surface area contributed by atoms with Crippen molar-refractivity contribution in [2.45, 2.75) is 38.8 Å². The Morgan fingerprint density at radius 2 is 1.46 bits per heavy atom. The van der Waals surface area contributed by atoms with Gasteiger partial charge < -0.3 is 14.7 Å². The highest BCUT2D eigenvalue weighted by atomic mass is 16.2. The quantitative estimate of drug-likeness (QED) is 0.475. The highest BCUT2D eigenvalue weighted by molar-refractivity contribution is 5.98. The van der Waals surface area contributed by atoms with Crippen molar-refractivity contribution in [3.8, 4) is 0 Å². The van der Waals surface area contributed by atoms with E-state index in [4.69, 9.17) is 0 Å². The number of rotatable bonds is 6. The summed E-state index contributed by atoms with van der Waals surface area (Å²) in [6, 6.07) is 28.4. The molecule has 0 aliphatic carbocycles. The molecule has 2 aliphatic rings. The molecule has 0 aromatic heterocycles. The molecule has 1 fully saturated rings. The van der Waals surface area contributed by atoms with Crippen LogP contribution in [0.25, 0.3) is 0 Å². The van der Waals surface area contributed by atoms with E-state index in [0.717, 1.165) is 43.1 Å². The number of para-hydroxylation sites is 3.